The number of nitro groups is 1. The third-order valence-corrected chi connectivity index (χ3v) is 4.09. The molecule has 0 bridgehead atoms. The van der Waals surface area contributed by atoms with E-state index >= 15 is 0 Å². The number of carbonyl (C=O) groups excluding carboxylic acids is 2. The summed E-state index contributed by atoms with van der Waals surface area (Å²) in [5.74, 6) is -1.17. The van der Waals surface area contributed by atoms with Crippen molar-refractivity contribution in [3.63, 3.8) is 0 Å². The van der Waals surface area contributed by atoms with E-state index in [2.05, 4.69) is 10.3 Å². The number of nitrogens with two attached hydrogens (primary N) is 1. The Balaban J connectivity index is 1.75. The van der Waals surface area contributed by atoms with Crippen LogP contribution >= 0.6 is 0 Å². The third kappa shape index (κ3) is 4.24. The first-order chi connectivity index (χ1) is 12.9. The molecule has 0 fully saturated rings. The molecule has 0 spiro atoms. The van der Waals surface area contributed by atoms with Crippen LogP contribution in [-0.4, -0.2) is 27.8 Å². The van der Waals surface area contributed by atoms with Crippen molar-refractivity contribution in [2.75, 3.05) is 0 Å². The van der Waals surface area contributed by atoms with E-state index in [1.807, 2.05) is 24.3 Å². The van der Waals surface area contributed by atoms with E-state index in [-0.39, 0.29) is 12.1 Å². The summed E-state index contributed by atoms with van der Waals surface area (Å²) in [5.41, 5.74) is 7.05. The summed E-state index contributed by atoms with van der Waals surface area (Å²) in [6.07, 6.45) is 1.56. The van der Waals surface area contributed by atoms with Crippen LogP contribution in [-0.2, 0) is 11.2 Å². The number of benzene rings is 2. The quantitative estimate of drug-likeness (QED) is 0.510. The molecule has 3 rings (SSSR count). The van der Waals surface area contributed by atoms with Crippen LogP contribution in [0.1, 0.15) is 15.9 Å². The molecule has 2 aromatic carbocycles. The van der Waals surface area contributed by atoms with Crippen LogP contribution in [0.5, 0.6) is 0 Å². The maximum atomic E-state index is 12.5. The van der Waals surface area contributed by atoms with Crippen LogP contribution < -0.4 is 11.1 Å². The number of rotatable bonds is 6. The summed E-state index contributed by atoms with van der Waals surface area (Å²) >= 11 is 0. The molecule has 136 valence electrons. The lowest BCUT2D eigenvalue weighted by Crippen LogP contribution is -2.45. The Bertz CT molecular complexity index is 1020. The van der Waals surface area contributed by atoms with Gasteiger partial charge in [0.2, 0.25) is 5.91 Å². The summed E-state index contributed by atoms with van der Waals surface area (Å²) in [6.45, 7) is 0. The van der Waals surface area contributed by atoms with Gasteiger partial charge < -0.3 is 11.1 Å². The largest absolute Gasteiger partial charge is 0.368 e. The summed E-state index contributed by atoms with van der Waals surface area (Å²) in [5, 5.41) is 14.1. The fourth-order valence-electron chi connectivity index (χ4n) is 2.65. The van der Waals surface area contributed by atoms with E-state index in [0.29, 0.717) is 11.1 Å². The van der Waals surface area contributed by atoms with Crippen LogP contribution in [0.15, 0.2) is 60.8 Å². The lowest BCUT2D eigenvalue weighted by atomic mass is 10.0. The summed E-state index contributed by atoms with van der Waals surface area (Å²) < 4.78 is 0. The molecular formula is C19H16N4O4. The standard InChI is InChI=1S/C19H16N4O4/c20-18(24)17(9-12-5-7-15(8-6-12)23(26)27)22-19(25)14-10-13-3-1-2-4-16(13)21-11-14/h1-8,10-11,17H,9H2,(H2,20,24)(H,22,25)/t17-/m1/s1. The molecule has 0 radical (unpaired) electrons. The molecule has 2 amide bonds. The van der Waals surface area contributed by atoms with E-state index < -0.39 is 22.8 Å². The number of para-hydroxylation sites is 1. The van der Waals surface area contributed by atoms with E-state index in [1.54, 1.807) is 6.07 Å². The maximum Gasteiger partial charge on any atom is 0.269 e. The number of hydrogen-bond donors (Lipinski definition) is 2. The number of pyridine rings is 1. The van der Waals surface area contributed by atoms with Crippen LogP contribution in [0.4, 0.5) is 5.69 Å². The SMILES string of the molecule is NC(=O)[C@@H](Cc1ccc([N+](=O)[O-])cc1)NC(=O)c1cnc2ccccc2c1. The van der Waals surface area contributed by atoms with Crippen LogP contribution in [0.3, 0.4) is 0 Å². The van der Waals surface area contributed by atoms with Gasteiger partial charge in [-0.2, -0.15) is 0 Å². The molecule has 27 heavy (non-hydrogen) atoms. The van der Waals surface area contributed by atoms with Gasteiger partial charge in [0.25, 0.3) is 11.6 Å². The first kappa shape index (κ1) is 18.0. The van der Waals surface area contributed by atoms with Crippen molar-refractivity contribution < 1.29 is 14.5 Å². The highest BCUT2D eigenvalue weighted by Gasteiger charge is 2.20. The fraction of sp³-hybridized carbons (Fsp3) is 0.105. The van der Waals surface area contributed by atoms with Gasteiger partial charge >= 0.3 is 0 Å². The van der Waals surface area contributed by atoms with Gasteiger partial charge in [0.15, 0.2) is 0 Å². The van der Waals surface area contributed by atoms with Crippen LogP contribution in [0.2, 0.25) is 0 Å². The van der Waals surface area contributed by atoms with E-state index in [4.69, 9.17) is 5.73 Å². The Morgan fingerprint density at radius 1 is 1.15 bits per heavy atom. The number of nitro benzene ring substituents is 1. The molecule has 0 saturated carbocycles. The van der Waals surface area contributed by atoms with Crippen molar-refractivity contribution >= 4 is 28.4 Å². The second-order valence-electron chi connectivity index (χ2n) is 5.97. The lowest BCUT2D eigenvalue weighted by molar-refractivity contribution is -0.384. The number of carbonyl (C=O) groups is 2. The molecule has 0 aliphatic rings. The first-order valence-corrected chi connectivity index (χ1v) is 8.12. The monoisotopic (exact) mass is 364 g/mol. The van der Waals surface area contributed by atoms with Gasteiger partial charge in [0.1, 0.15) is 6.04 Å². The van der Waals surface area contributed by atoms with E-state index in [1.165, 1.54) is 30.5 Å². The van der Waals surface area contributed by atoms with Gasteiger partial charge in [-0.1, -0.05) is 30.3 Å². The van der Waals surface area contributed by atoms with Gasteiger partial charge in [-0.15, -0.1) is 0 Å². The number of hydrogen-bond acceptors (Lipinski definition) is 5. The average molecular weight is 364 g/mol. The van der Waals surface area contributed by atoms with Gasteiger partial charge in [-0.3, -0.25) is 24.7 Å². The van der Waals surface area contributed by atoms with Gasteiger partial charge in [0, 0.05) is 30.1 Å². The molecule has 3 N–H and O–H groups in total. The molecule has 0 aliphatic carbocycles. The van der Waals surface area contributed by atoms with Crippen LogP contribution in [0, 0.1) is 10.1 Å². The molecule has 0 aliphatic heterocycles. The Morgan fingerprint density at radius 3 is 2.52 bits per heavy atom. The second-order valence-corrected chi connectivity index (χ2v) is 5.97. The summed E-state index contributed by atoms with van der Waals surface area (Å²) in [7, 11) is 0. The minimum Gasteiger partial charge on any atom is -0.368 e. The number of amides is 2. The van der Waals surface area contributed by atoms with Crippen LogP contribution in [0.25, 0.3) is 10.9 Å². The molecule has 0 unspecified atom stereocenters. The van der Waals surface area contributed by atoms with Crippen molar-refractivity contribution in [1.29, 1.82) is 0 Å². The van der Waals surface area contributed by atoms with Crippen molar-refractivity contribution in [2.24, 2.45) is 5.73 Å². The predicted molar refractivity (Wildman–Crippen MR) is 99.0 cm³/mol. The summed E-state index contributed by atoms with van der Waals surface area (Å²) in [6, 6.07) is 13.8. The minimum atomic E-state index is -0.953. The minimum absolute atomic E-state index is 0.0550. The number of nitrogens with zero attached hydrogens (tertiary/aromatic N) is 2. The molecular weight excluding hydrogens is 348 g/mol. The molecule has 3 aromatic rings. The Morgan fingerprint density at radius 2 is 1.85 bits per heavy atom. The van der Waals surface area contributed by atoms with Gasteiger partial charge in [0.05, 0.1) is 16.0 Å². The average Bonchev–Trinajstić information content (AvgIpc) is 2.67. The zero-order valence-corrected chi connectivity index (χ0v) is 14.2. The topological polar surface area (TPSA) is 128 Å². The fourth-order valence-corrected chi connectivity index (χ4v) is 2.65. The van der Waals surface area contributed by atoms with Gasteiger partial charge in [-0.25, -0.2) is 0 Å². The normalized spacial score (nSPS) is 11.7. The van der Waals surface area contributed by atoms with Crippen molar-refractivity contribution in [3.05, 3.63) is 82.0 Å². The van der Waals surface area contributed by atoms with Gasteiger partial charge in [-0.05, 0) is 17.7 Å². The zero-order chi connectivity index (χ0) is 19.4. The predicted octanol–water partition coefficient (Wildman–Crippen LogP) is 1.97. The highest BCUT2D eigenvalue weighted by molar-refractivity contribution is 5.99. The van der Waals surface area contributed by atoms with Crippen molar-refractivity contribution in [1.82, 2.24) is 10.3 Å². The number of non-ortho nitro benzene ring substituents is 1. The Kier molecular flexibility index (Phi) is 5.07. The van der Waals surface area contributed by atoms with Crippen molar-refractivity contribution in [2.45, 2.75) is 12.5 Å². The maximum absolute atomic E-state index is 12.5. The molecule has 1 aromatic heterocycles. The number of aromatic nitrogens is 1. The Hall–Kier alpha value is -3.81. The zero-order valence-electron chi connectivity index (χ0n) is 14.2. The lowest BCUT2D eigenvalue weighted by Gasteiger charge is -2.15. The first-order valence-electron chi connectivity index (χ1n) is 8.12. The van der Waals surface area contributed by atoms with E-state index in [0.717, 1.165) is 10.9 Å². The Labute approximate surface area is 154 Å². The molecule has 8 nitrogen and oxygen atoms in total. The molecule has 1 heterocycles. The molecule has 0 saturated heterocycles. The number of fused-ring (bicyclic) bond motifs is 1. The van der Waals surface area contributed by atoms with E-state index in [9.17, 15) is 19.7 Å². The highest BCUT2D eigenvalue weighted by atomic mass is 16.6. The highest BCUT2D eigenvalue weighted by Crippen LogP contribution is 2.15. The third-order valence-electron chi connectivity index (χ3n) is 4.09. The molecule has 1 atom stereocenters. The number of nitrogens with one attached hydrogen (secondary N) is 1. The second kappa shape index (κ2) is 7.61. The smallest absolute Gasteiger partial charge is 0.269 e. The summed E-state index contributed by atoms with van der Waals surface area (Å²) in [4.78, 5) is 38.7. The van der Waals surface area contributed by atoms with Crippen molar-refractivity contribution in [3.8, 4) is 0 Å². The number of primary amides is 1. The molecule has 8 heteroatoms.